The van der Waals surface area contributed by atoms with Crippen molar-refractivity contribution in [2.45, 2.75) is 44.3 Å². The quantitative estimate of drug-likeness (QED) is 0.875. The zero-order valence-corrected chi connectivity index (χ0v) is 11.3. The van der Waals surface area contributed by atoms with E-state index in [4.69, 9.17) is 4.74 Å². The Labute approximate surface area is 105 Å². The zero-order chi connectivity index (χ0) is 12.5. The summed E-state index contributed by atoms with van der Waals surface area (Å²) < 4.78 is 5.44. The summed E-state index contributed by atoms with van der Waals surface area (Å²) in [6.07, 6.45) is 0.742. The first-order valence-corrected chi connectivity index (χ1v) is 6.77. The van der Waals surface area contributed by atoms with Crippen LogP contribution in [-0.4, -0.2) is 21.3 Å². The summed E-state index contributed by atoms with van der Waals surface area (Å²) in [5.41, 5.74) is 1.56. The molecule has 0 radical (unpaired) electrons. The number of nitrogens with one attached hydrogen (secondary N) is 1. The molecule has 5 heteroatoms. The van der Waals surface area contributed by atoms with Gasteiger partial charge in [0.15, 0.2) is 0 Å². The van der Waals surface area contributed by atoms with Crippen molar-refractivity contribution in [3.05, 3.63) is 27.4 Å². The Morgan fingerprint density at radius 3 is 2.94 bits per heavy atom. The summed E-state index contributed by atoms with van der Waals surface area (Å²) in [7, 11) is 0. The van der Waals surface area contributed by atoms with Crippen LogP contribution in [0.2, 0.25) is 0 Å². The van der Waals surface area contributed by atoms with E-state index in [0.29, 0.717) is 18.8 Å². The van der Waals surface area contributed by atoms with E-state index >= 15 is 0 Å². The van der Waals surface area contributed by atoms with Crippen molar-refractivity contribution in [3.8, 4) is 0 Å². The molecule has 1 aliphatic heterocycles. The van der Waals surface area contributed by atoms with Crippen LogP contribution < -0.4 is 5.56 Å². The van der Waals surface area contributed by atoms with Gasteiger partial charge in [-0.05, 0) is 0 Å². The van der Waals surface area contributed by atoms with Crippen molar-refractivity contribution in [2.75, 3.05) is 6.61 Å². The van der Waals surface area contributed by atoms with E-state index in [9.17, 15) is 4.79 Å². The lowest BCUT2D eigenvalue weighted by molar-refractivity contribution is 0.108. The van der Waals surface area contributed by atoms with Crippen molar-refractivity contribution in [3.63, 3.8) is 0 Å². The average molecular weight is 254 g/mol. The molecule has 0 aliphatic carbocycles. The molecule has 0 aromatic carbocycles. The van der Waals surface area contributed by atoms with Crippen LogP contribution in [-0.2, 0) is 23.5 Å². The highest BCUT2D eigenvalue weighted by molar-refractivity contribution is 7.99. The number of fused-ring (bicyclic) bond motifs is 1. The molecule has 0 fully saturated rings. The third-order valence-electron chi connectivity index (χ3n) is 2.52. The van der Waals surface area contributed by atoms with Crippen molar-refractivity contribution < 1.29 is 4.74 Å². The Morgan fingerprint density at radius 2 is 2.24 bits per heavy atom. The first-order valence-electron chi connectivity index (χ1n) is 5.78. The maximum Gasteiger partial charge on any atom is 0.256 e. The lowest BCUT2D eigenvalue weighted by Gasteiger charge is -2.18. The molecule has 17 heavy (non-hydrogen) atoms. The molecule has 0 saturated carbocycles. The number of thioether (sulfide) groups is 1. The molecule has 1 N–H and O–H groups in total. The minimum Gasteiger partial charge on any atom is -0.376 e. The number of hydrogen-bond acceptors (Lipinski definition) is 4. The van der Waals surface area contributed by atoms with Gasteiger partial charge in [0.05, 0.1) is 30.2 Å². The Balaban J connectivity index is 2.20. The fourth-order valence-corrected chi connectivity index (χ4v) is 2.35. The normalized spacial score (nSPS) is 15.7. The third-order valence-corrected chi connectivity index (χ3v) is 3.81. The van der Waals surface area contributed by atoms with Crippen molar-refractivity contribution in [1.29, 1.82) is 0 Å². The van der Waals surface area contributed by atoms with Gasteiger partial charge in [-0.15, -0.1) is 11.8 Å². The number of nitrogens with zero attached hydrogens (tertiary/aromatic N) is 1. The Morgan fingerprint density at radius 1 is 1.47 bits per heavy atom. The maximum atomic E-state index is 11.8. The van der Waals surface area contributed by atoms with Crippen LogP contribution in [0.3, 0.4) is 0 Å². The van der Waals surface area contributed by atoms with E-state index in [2.05, 4.69) is 30.7 Å². The molecule has 0 saturated heterocycles. The highest BCUT2D eigenvalue weighted by Gasteiger charge is 2.17. The smallest absolute Gasteiger partial charge is 0.256 e. The highest BCUT2D eigenvalue weighted by Crippen LogP contribution is 2.26. The number of rotatable bonds is 2. The SMILES string of the molecule is CC(C)(C)SCc1nc2c(c(=O)[nH]1)COCC2. The fourth-order valence-electron chi connectivity index (χ4n) is 1.65. The number of H-pyrrole nitrogens is 1. The molecule has 1 aromatic rings. The van der Waals surface area contributed by atoms with Gasteiger partial charge in [-0.1, -0.05) is 20.8 Å². The van der Waals surface area contributed by atoms with Crippen LogP contribution in [0, 0.1) is 0 Å². The van der Waals surface area contributed by atoms with Crippen LogP contribution in [0.5, 0.6) is 0 Å². The van der Waals surface area contributed by atoms with Crippen LogP contribution in [0.15, 0.2) is 4.79 Å². The molecule has 94 valence electrons. The average Bonchev–Trinajstić information content (AvgIpc) is 2.26. The van der Waals surface area contributed by atoms with Crippen LogP contribution >= 0.6 is 11.8 Å². The van der Waals surface area contributed by atoms with Gasteiger partial charge in [0.2, 0.25) is 0 Å². The molecule has 0 unspecified atom stereocenters. The van der Waals surface area contributed by atoms with Gasteiger partial charge in [-0.25, -0.2) is 4.98 Å². The van der Waals surface area contributed by atoms with Gasteiger partial charge in [0.25, 0.3) is 5.56 Å². The van der Waals surface area contributed by atoms with Crippen molar-refractivity contribution in [2.24, 2.45) is 0 Å². The first kappa shape index (κ1) is 12.6. The van der Waals surface area contributed by atoms with Gasteiger partial charge >= 0.3 is 0 Å². The summed E-state index contributed by atoms with van der Waals surface area (Å²) in [4.78, 5) is 19.2. The summed E-state index contributed by atoms with van der Waals surface area (Å²) in [6, 6.07) is 0. The lowest BCUT2D eigenvalue weighted by Crippen LogP contribution is -2.25. The minimum atomic E-state index is -0.0424. The number of aromatic amines is 1. The molecule has 4 nitrogen and oxygen atoms in total. The molecular formula is C12H18N2O2S. The van der Waals surface area contributed by atoms with Gasteiger partial charge in [0, 0.05) is 11.2 Å². The summed E-state index contributed by atoms with van der Waals surface area (Å²) in [5.74, 6) is 1.52. The first-order chi connectivity index (χ1) is 7.96. The van der Waals surface area contributed by atoms with Crippen molar-refractivity contribution >= 4 is 11.8 Å². The van der Waals surface area contributed by atoms with Crippen LogP contribution in [0.1, 0.15) is 37.9 Å². The topological polar surface area (TPSA) is 55.0 Å². The molecule has 0 atom stereocenters. The lowest BCUT2D eigenvalue weighted by atomic mass is 10.1. The van der Waals surface area contributed by atoms with E-state index in [1.807, 2.05) is 0 Å². The van der Waals surface area contributed by atoms with Gasteiger partial charge in [0.1, 0.15) is 5.82 Å². The van der Waals surface area contributed by atoms with Crippen LogP contribution in [0.25, 0.3) is 0 Å². The van der Waals surface area contributed by atoms with Gasteiger partial charge < -0.3 is 9.72 Å². The highest BCUT2D eigenvalue weighted by atomic mass is 32.2. The van der Waals surface area contributed by atoms with Gasteiger partial charge in [-0.2, -0.15) is 0 Å². The Bertz CT molecular complexity index is 463. The zero-order valence-electron chi connectivity index (χ0n) is 10.5. The molecule has 2 rings (SSSR count). The van der Waals surface area contributed by atoms with E-state index < -0.39 is 0 Å². The summed E-state index contributed by atoms with van der Waals surface area (Å²) in [5, 5.41) is 0. The second-order valence-electron chi connectivity index (χ2n) is 5.14. The monoisotopic (exact) mass is 254 g/mol. The molecule has 0 bridgehead atoms. The molecular weight excluding hydrogens is 236 g/mol. The van der Waals surface area contributed by atoms with E-state index in [-0.39, 0.29) is 10.3 Å². The second-order valence-corrected chi connectivity index (χ2v) is 6.94. The Hall–Kier alpha value is -0.810. The van der Waals surface area contributed by atoms with E-state index in [1.165, 1.54) is 0 Å². The van der Waals surface area contributed by atoms with Crippen molar-refractivity contribution in [1.82, 2.24) is 9.97 Å². The minimum absolute atomic E-state index is 0.0424. The third kappa shape index (κ3) is 3.33. The van der Waals surface area contributed by atoms with Crippen LogP contribution in [0.4, 0.5) is 0 Å². The second kappa shape index (κ2) is 4.82. The Kier molecular flexibility index (Phi) is 3.58. The molecule has 2 heterocycles. The molecule has 0 amide bonds. The number of aromatic nitrogens is 2. The predicted molar refractivity (Wildman–Crippen MR) is 69.3 cm³/mol. The predicted octanol–water partition coefficient (Wildman–Crippen LogP) is 1.87. The standard InChI is InChI=1S/C12H18N2O2S/c1-12(2,3)17-7-10-13-9-4-5-16-6-8(9)11(15)14-10/h4-7H2,1-3H3,(H,13,14,15). The van der Waals surface area contributed by atoms with E-state index in [1.54, 1.807) is 11.8 Å². The molecule has 0 spiro atoms. The molecule has 1 aromatic heterocycles. The van der Waals surface area contributed by atoms with E-state index in [0.717, 1.165) is 23.7 Å². The largest absolute Gasteiger partial charge is 0.376 e. The number of hydrogen-bond donors (Lipinski definition) is 1. The summed E-state index contributed by atoms with van der Waals surface area (Å²) >= 11 is 1.78. The number of ether oxygens (including phenoxy) is 1. The maximum absolute atomic E-state index is 11.8. The summed E-state index contributed by atoms with van der Waals surface area (Å²) in [6.45, 7) is 7.52. The molecule has 1 aliphatic rings. The van der Waals surface area contributed by atoms with Gasteiger partial charge in [-0.3, -0.25) is 4.79 Å². The fraction of sp³-hybridized carbons (Fsp3) is 0.667.